The van der Waals surface area contributed by atoms with E-state index in [2.05, 4.69) is 0 Å². The number of carbonyl (C=O) groups is 2. The van der Waals surface area contributed by atoms with Crippen LogP contribution in [0.1, 0.15) is 37.3 Å². The van der Waals surface area contributed by atoms with Gasteiger partial charge in [0.25, 0.3) is 5.91 Å². The first-order valence-electron chi connectivity index (χ1n) is 6.37. The normalized spacial score (nSPS) is 22.6. The second kappa shape index (κ2) is 5.69. The van der Waals surface area contributed by atoms with Crippen molar-refractivity contribution in [1.29, 1.82) is 0 Å². The summed E-state index contributed by atoms with van der Waals surface area (Å²) >= 11 is 7.45. The summed E-state index contributed by atoms with van der Waals surface area (Å²) in [6.07, 6.45) is 1.70. The van der Waals surface area contributed by atoms with Crippen LogP contribution in [0.2, 0.25) is 5.02 Å². The third-order valence-corrected chi connectivity index (χ3v) is 4.76. The Morgan fingerprint density at radius 2 is 2.15 bits per heavy atom. The Labute approximate surface area is 126 Å². The van der Waals surface area contributed by atoms with Gasteiger partial charge in [0, 0.05) is 18.0 Å². The highest BCUT2D eigenvalue weighted by molar-refractivity contribution is 8.00. The van der Waals surface area contributed by atoms with Gasteiger partial charge in [-0.2, -0.15) is 0 Å². The molecular formula is C13H17ClN2O3S. The second-order valence-electron chi connectivity index (χ2n) is 5.04. The second-order valence-corrected chi connectivity index (χ2v) is 6.83. The van der Waals surface area contributed by atoms with Crippen LogP contribution in [-0.4, -0.2) is 43.6 Å². The van der Waals surface area contributed by atoms with E-state index in [-0.39, 0.29) is 17.3 Å². The standard InChI is InChI=1S/C13H17ClN2O3S/c1-7(2)15-5-9(14)4-10(15)12(17)16-8(3)20-6-11(16)13(18)19/h4-5,7-8,11H,6H2,1-3H3,(H,18,19). The molecule has 1 amide bonds. The lowest BCUT2D eigenvalue weighted by atomic mass is 10.2. The van der Waals surface area contributed by atoms with Gasteiger partial charge in [-0.15, -0.1) is 11.8 Å². The zero-order chi connectivity index (χ0) is 15.0. The molecule has 1 aliphatic heterocycles. The third-order valence-electron chi connectivity index (χ3n) is 3.33. The van der Waals surface area contributed by atoms with Crippen LogP contribution in [0.15, 0.2) is 12.3 Å². The molecule has 1 aromatic rings. The summed E-state index contributed by atoms with van der Waals surface area (Å²) in [5, 5.41) is 9.57. The van der Waals surface area contributed by atoms with Crippen LogP contribution >= 0.6 is 23.4 Å². The van der Waals surface area contributed by atoms with E-state index in [1.165, 1.54) is 16.7 Å². The zero-order valence-electron chi connectivity index (χ0n) is 11.5. The number of hydrogen-bond acceptors (Lipinski definition) is 3. The molecule has 1 saturated heterocycles. The Bertz CT molecular complexity index is 544. The van der Waals surface area contributed by atoms with Crippen molar-refractivity contribution in [3.63, 3.8) is 0 Å². The summed E-state index contributed by atoms with van der Waals surface area (Å²) in [7, 11) is 0. The van der Waals surface area contributed by atoms with Gasteiger partial charge >= 0.3 is 5.97 Å². The van der Waals surface area contributed by atoms with Gasteiger partial charge in [-0.25, -0.2) is 4.79 Å². The Hall–Kier alpha value is -1.14. The number of thioether (sulfide) groups is 1. The van der Waals surface area contributed by atoms with E-state index in [9.17, 15) is 14.7 Å². The minimum Gasteiger partial charge on any atom is -0.480 e. The Kier molecular flexibility index (Phi) is 4.34. The molecule has 1 aliphatic rings. The molecule has 0 spiro atoms. The van der Waals surface area contributed by atoms with Crippen LogP contribution in [0, 0.1) is 0 Å². The monoisotopic (exact) mass is 316 g/mol. The quantitative estimate of drug-likeness (QED) is 0.931. The summed E-state index contributed by atoms with van der Waals surface area (Å²) in [5.41, 5.74) is 0.436. The first-order valence-corrected chi connectivity index (χ1v) is 7.80. The van der Waals surface area contributed by atoms with Gasteiger partial charge in [0.1, 0.15) is 11.7 Å². The Morgan fingerprint density at radius 1 is 1.50 bits per heavy atom. The van der Waals surface area contributed by atoms with E-state index in [0.717, 1.165) is 0 Å². The highest BCUT2D eigenvalue weighted by Crippen LogP contribution is 2.31. The van der Waals surface area contributed by atoms with Crippen molar-refractivity contribution in [2.24, 2.45) is 0 Å². The number of carboxylic acids is 1. The summed E-state index contributed by atoms with van der Waals surface area (Å²) in [6.45, 7) is 5.74. The lowest BCUT2D eigenvalue weighted by molar-refractivity contribution is -0.141. The van der Waals surface area contributed by atoms with E-state index in [1.54, 1.807) is 16.8 Å². The fourth-order valence-corrected chi connectivity index (χ4v) is 3.69. The van der Waals surface area contributed by atoms with Gasteiger partial charge in [0.2, 0.25) is 0 Å². The molecule has 1 fully saturated rings. The maximum Gasteiger partial charge on any atom is 0.327 e. The first-order chi connectivity index (χ1) is 9.32. The predicted octanol–water partition coefficient (Wildman–Crippen LogP) is 2.71. The molecule has 0 saturated carbocycles. The Morgan fingerprint density at radius 3 is 2.70 bits per heavy atom. The number of aliphatic carboxylic acids is 1. The lowest BCUT2D eigenvalue weighted by Crippen LogP contribution is -2.45. The molecule has 0 aliphatic carbocycles. The van der Waals surface area contributed by atoms with Gasteiger partial charge in [0.05, 0.1) is 10.4 Å². The van der Waals surface area contributed by atoms with E-state index >= 15 is 0 Å². The van der Waals surface area contributed by atoms with Gasteiger partial charge in [0.15, 0.2) is 0 Å². The van der Waals surface area contributed by atoms with Crippen molar-refractivity contribution in [3.8, 4) is 0 Å². The average molecular weight is 317 g/mol. The van der Waals surface area contributed by atoms with Crippen molar-refractivity contribution in [2.75, 3.05) is 5.75 Å². The molecule has 0 radical (unpaired) electrons. The van der Waals surface area contributed by atoms with Crippen LogP contribution in [0.25, 0.3) is 0 Å². The summed E-state index contributed by atoms with van der Waals surface area (Å²) in [4.78, 5) is 25.4. The minimum absolute atomic E-state index is 0.0790. The van der Waals surface area contributed by atoms with Crippen molar-refractivity contribution in [3.05, 3.63) is 23.0 Å². The maximum absolute atomic E-state index is 12.7. The van der Waals surface area contributed by atoms with Gasteiger partial charge in [-0.1, -0.05) is 11.6 Å². The number of halogens is 1. The Balaban J connectivity index is 2.37. The summed E-state index contributed by atoms with van der Waals surface area (Å²) in [6, 6.07) is 0.894. The van der Waals surface area contributed by atoms with Gasteiger partial charge in [-0.05, 0) is 26.8 Å². The van der Waals surface area contributed by atoms with E-state index < -0.39 is 12.0 Å². The molecule has 2 atom stereocenters. The minimum atomic E-state index is -0.969. The highest BCUT2D eigenvalue weighted by atomic mass is 35.5. The zero-order valence-corrected chi connectivity index (χ0v) is 13.1. The molecule has 7 heteroatoms. The molecule has 2 rings (SSSR count). The number of carbonyl (C=O) groups excluding carboxylic acids is 1. The van der Waals surface area contributed by atoms with E-state index in [1.807, 2.05) is 20.8 Å². The SMILES string of the molecule is CC1SCC(C(=O)O)N1C(=O)c1cc(Cl)cn1C(C)C. The molecule has 1 aromatic heterocycles. The van der Waals surface area contributed by atoms with E-state index in [4.69, 9.17) is 11.6 Å². The average Bonchev–Trinajstić information content (AvgIpc) is 2.91. The molecule has 5 nitrogen and oxygen atoms in total. The van der Waals surface area contributed by atoms with Crippen molar-refractivity contribution < 1.29 is 14.7 Å². The van der Waals surface area contributed by atoms with Crippen molar-refractivity contribution in [1.82, 2.24) is 9.47 Å². The molecule has 110 valence electrons. The molecule has 0 aromatic carbocycles. The maximum atomic E-state index is 12.7. The van der Waals surface area contributed by atoms with Crippen LogP contribution in [0.5, 0.6) is 0 Å². The topological polar surface area (TPSA) is 62.5 Å². The molecule has 2 unspecified atom stereocenters. The van der Waals surface area contributed by atoms with Gasteiger partial charge in [-0.3, -0.25) is 4.79 Å². The number of aromatic nitrogens is 1. The van der Waals surface area contributed by atoms with Gasteiger partial charge < -0.3 is 14.6 Å². The van der Waals surface area contributed by atoms with Crippen LogP contribution in [0.4, 0.5) is 0 Å². The third kappa shape index (κ3) is 2.67. The molecular weight excluding hydrogens is 300 g/mol. The van der Waals surface area contributed by atoms with Crippen molar-refractivity contribution in [2.45, 2.75) is 38.2 Å². The van der Waals surface area contributed by atoms with Crippen molar-refractivity contribution >= 4 is 35.2 Å². The summed E-state index contributed by atoms with van der Waals surface area (Å²) < 4.78 is 1.78. The highest BCUT2D eigenvalue weighted by Gasteiger charge is 2.40. The van der Waals surface area contributed by atoms with Crippen LogP contribution in [0.3, 0.4) is 0 Å². The number of hydrogen-bond donors (Lipinski definition) is 1. The molecule has 2 heterocycles. The number of amides is 1. The lowest BCUT2D eigenvalue weighted by Gasteiger charge is -2.26. The number of rotatable bonds is 3. The molecule has 0 bridgehead atoms. The fraction of sp³-hybridized carbons (Fsp3) is 0.538. The number of carboxylic acid groups (broad SMARTS) is 1. The molecule has 1 N–H and O–H groups in total. The summed E-state index contributed by atoms with van der Waals surface area (Å²) in [5.74, 6) is -0.835. The molecule has 20 heavy (non-hydrogen) atoms. The fourth-order valence-electron chi connectivity index (χ4n) is 2.32. The van der Waals surface area contributed by atoms with Crippen LogP contribution in [-0.2, 0) is 4.79 Å². The predicted molar refractivity (Wildman–Crippen MR) is 79.3 cm³/mol. The largest absolute Gasteiger partial charge is 0.480 e. The van der Waals surface area contributed by atoms with E-state index in [0.29, 0.717) is 16.5 Å². The first kappa shape index (κ1) is 15.3. The van der Waals surface area contributed by atoms with Crippen LogP contribution < -0.4 is 0 Å². The smallest absolute Gasteiger partial charge is 0.327 e. The number of nitrogens with zero attached hydrogens (tertiary/aromatic N) is 2.